The summed E-state index contributed by atoms with van der Waals surface area (Å²) in [5.41, 5.74) is 1.81. The largest absolute Gasteiger partial charge is 0.454 e. The first-order chi connectivity index (χ1) is 19.4. The summed E-state index contributed by atoms with van der Waals surface area (Å²) in [6, 6.07) is 16.6. The van der Waals surface area contributed by atoms with Gasteiger partial charge in [-0.3, -0.25) is 24.6 Å². The van der Waals surface area contributed by atoms with Crippen LogP contribution in [-0.2, 0) is 32.9 Å². The number of hydrogen-bond acceptors (Lipinski definition) is 6. The Morgan fingerprint density at radius 2 is 1.82 bits per heavy atom. The summed E-state index contributed by atoms with van der Waals surface area (Å²) in [5, 5.41) is 7.21. The van der Waals surface area contributed by atoms with Crippen molar-refractivity contribution in [2.75, 3.05) is 12.1 Å². The maximum absolute atomic E-state index is 14.5. The van der Waals surface area contributed by atoms with Crippen LogP contribution < -0.4 is 20.1 Å². The number of aromatic nitrogens is 1. The van der Waals surface area contributed by atoms with E-state index in [-0.39, 0.29) is 19.2 Å². The van der Waals surface area contributed by atoms with Crippen molar-refractivity contribution in [3.05, 3.63) is 89.4 Å². The minimum Gasteiger partial charge on any atom is -0.454 e. The maximum Gasteiger partial charge on any atom is 0.250 e. The second-order valence-electron chi connectivity index (χ2n) is 10.7. The molecule has 4 aliphatic rings. The lowest BCUT2D eigenvalue weighted by Gasteiger charge is -2.29. The first kappa shape index (κ1) is 23.2. The maximum atomic E-state index is 14.5. The third-order valence-electron chi connectivity index (χ3n) is 8.66. The summed E-state index contributed by atoms with van der Waals surface area (Å²) in [6.07, 6.45) is 2.28. The lowest BCUT2D eigenvalue weighted by molar-refractivity contribution is -0.143. The Kier molecular flexibility index (Phi) is 4.73. The molecular weight excluding hydrogens is 515 g/mol. The topological polar surface area (TPSA) is 113 Å². The van der Waals surface area contributed by atoms with Crippen LogP contribution in [0.25, 0.3) is 10.9 Å². The van der Waals surface area contributed by atoms with Crippen molar-refractivity contribution >= 4 is 34.3 Å². The van der Waals surface area contributed by atoms with Crippen LogP contribution >= 0.6 is 0 Å². The number of ether oxygens (including phenoxy) is 2. The molecule has 4 unspecified atom stereocenters. The van der Waals surface area contributed by atoms with Crippen LogP contribution in [0.2, 0.25) is 0 Å². The molecular formula is C30H23FN4O5. The number of rotatable bonds is 4. The number of carbonyl (C=O) groups is 3. The minimum atomic E-state index is -1.57. The molecule has 4 atom stereocenters. The van der Waals surface area contributed by atoms with Gasteiger partial charge in [-0.25, -0.2) is 4.39 Å². The number of H-pyrrole nitrogens is 1. The molecule has 5 heterocycles. The summed E-state index contributed by atoms with van der Waals surface area (Å²) in [6.45, 7) is 0.133. The Balaban J connectivity index is 1.22. The molecule has 0 radical (unpaired) electrons. The number of anilines is 1. The first-order valence-corrected chi connectivity index (χ1v) is 13.1. The van der Waals surface area contributed by atoms with E-state index in [2.05, 4.69) is 15.6 Å². The van der Waals surface area contributed by atoms with Crippen molar-refractivity contribution in [2.45, 2.75) is 24.5 Å². The van der Waals surface area contributed by atoms with E-state index in [9.17, 15) is 18.8 Å². The van der Waals surface area contributed by atoms with Gasteiger partial charge in [-0.2, -0.15) is 0 Å². The van der Waals surface area contributed by atoms with Gasteiger partial charge in [-0.1, -0.05) is 24.3 Å². The number of nitrogens with zero attached hydrogens (tertiary/aromatic N) is 1. The number of para-hydroxylation sites is 1. The highest BCUT2D eigenvalue weighted by molar-refractivity contribution is 6.15. The lowest BCUT2D eigenvalue weighted by Crippen LogP contribution is -2.53. The average molecular weight is 539 g/mol. The highest BCUT2D eigenvalue weighted by Crippen LogP contribution is 2.53. The van der Waals surface area contributed by atoms with Gasteiger partial charge in [0.1, 0.15) is 11.4 Å². The van der Waals surface area contributed by atoms with Crippen LogP contribution in [0.15, 0.2) is 66.9 Å². The zero-order valence-corrected chi connectivity index (χ0v) is 21.1. The monoisotopic (exact) mass is 538 g/mol. The number of fused-ring (bicyclic) bond motifs is 6. The number of aromatic amines is 1. The third-order valence-corrected chi connectivity index (χ3v) is 8.66. The quantitative estimate of drug-likeness (QED) is 0.344. The van der Waals surface area contributed by atoms with E-state index >= 15 is 0 Å². The van der Waals surface area contributed by atoms with Gasteiger partial charge in [0.05, 0.1) is 18.4 Å². The molecule has 1 aromatic heterocycles. The van der Waals surface area contributed by atoms with Gasteiger partial charge in [-0.15, -0.1) is 0 Å². The van der Waals surface area contributed by atoms with Crippen molar-refractivity contribution < 1.29 is 28.2 Å². The van der Waals surface area contributed by atoms with Crippen molar-refractivity contribution in [3.63, 3.8) is 0 Å². The number of imide groups is 1. The Bertz CT molecular complexity index is 1770. The molecule has 3 amide bonds. The lowest BCUT2D eigenvalue weighted by atomic mass is 9.76. The molecule has 0 aliphatic carbocycles. The number of halogens is 1. The molecule has 3 N–H and O–H groups in total. The van der Waals surface area contributed by atoms with Gasteiger partial charge in [-0.05, 0) is 53.9 Å². The number of amides is 3. The molecule has 40 heavy (non-hydrogen) atoms. The predicted molar refractivity (Wildman–Crippen MR) is 141 cm³/mol. The van der Waals surface area contributed by atoms with Gasteiger partial charge < -0.3 is 19.8 Å². The van der Waals surface area contributed by atoms with Crippen molar-refractivity contribution in [1.29, 1.82) is 0 Å². The summed E-state index contributed by atoms with van der Waals surface area (Å²) in [5.74, 6) is -2.52. The van der Waals surface area contributed by atoms with Gasteiger partial charge in [0.2, 0.25) is 24.5 Å². The molecule has 4 aliphatic heterocycles. The van der Waals surface area contributed by atoms with Crippen LogP contribution in [0.1, 0.15) is 16.7 Å². The van der Waals surface area contributed by atoms with Crippen molar-refractivity contribution in [1.82, 2.24) is 15.2 Å². The summed E-state index contributed by atoms with van der Waals surface area (Å²) in [4.78, 5) is 46.4. The normalized spacial score (nSPS) is 26.2. The van der Waals surface area contributed by atoms with E-state index in [0.29, 0.717) is 34.7 Å². The molecule has 4 aromatic rings. The zero-order valence-electron chi connectivity index (χ0n) is 21.1. The van der Waals surface area contributed by atoms with E-state index in [1.807, 2.05) is 30.5 Å². The number of carbonyl (C=O) groups excluding carboxylic acids is 3. The highest BCUT2D eigenvalue weighted by atomic mass is 19.1. The number of likely N-dealkylation sites (tertiary alicyclic amines) is 1. The Labute approximate surface area is 227 Å². The van der Waals surface area contributed by atoms with Gasteiger partial charge >= 0.3 is 0 Å². The second-order valence-corrected chi connectivity index (χ2v) is 10.7. The number of hydrogen-bond donors (Lipinski definition) is 3. The van der Waals surface area contributed by atoms with Crippen LogP contribution in [0.5, 0.6) is 11.5 Å². The van der Waals surface area contributed by atoms with Crippen LogP contribution in [0, 0.1) is 17.7 Å². The Hall–Kier alpha value is -4.70. The average Bonchev–Trinajstić information content (AvgIpc) is 3.75. The van der Waals surface area contributed by atoms with E-state index in [1.165, 1.54) is 23.1 Å². The van der Waals surface area contributed by atoms with E-state index in [0.717, 1.165) is 16.5 Å². The fourth-order valence-corrected chi connectivity index (χ4v) is 6.92. The first-order valence-electron chi connectivity index (χ1n) is 13.1. The van der Waals surface area contributed by atoms with Crippen molar-refractivity contribution in [2.24, 2.45) is 11.8 Å². The molecule has 200 valence electrons. The van der Waals surface area contributed by atoms with Crippen LogP contribution in [0.4, 0.5) is 10.1 Å². The SMILES string of the molecule is O=C1C2C(Cc3c[nH]c4ccccc34)NC3(C(=O)Nc4ccc(F)cc43)C2C(=O)N1Cc1ccc2c(c1)OCO2. The summed E-state index contributed by atoms with van der Waals surface area (Å²) < 4.78 is 25.4. The molecule has 0 saturated carbocycles. The molecule has 2 saturated heterocycles. The molecule has 1 spiro atoms. The Morgan fingerprint density at radius 1 is 0.975 bits per heavy atom. The predicted octanol–water partition coefficient (Wildman–Crippen LogP) is 3.20. The van der Waals surface area contributed by atoms with Crippen LogP contribution in [-0.4, -0.2) is 40.4 Å². The standard InChI is InChI=1S/C30H23FN4O5/c31-17-6-7-21-19(11-17)30(29(38)33-21)26-25(22(34-30)10-16-12-32-20-4-2-1-3-18(16)20)27(36)35(28(26)37)13-15-5-8-23-24(9-15)40-14-39-23/h1-9,11-12,22,25-26,32,34H,10,13-14H2,(H,33,38). The van der Waals surface area contributed by atoms with Gasteiger partial charge in [0.25, 0.3) is 0 Å². The Morgan fingerprint density at radius 3 is 2.73 bits per heavy atom. The summed E-state index contributed by atoms with van der Waals surface area (Å²) >= 11 is 0. The molecule has 9 nitrogen and oxygen atoms in total. The van der Waals surface area contributed by atoms with Crippen molar-refractivity contribution in [3.8, 4) is 11.5 Å². The van der Waals surface area contributed by atoms with E-state index < -0.39 is 41.0 Å². The number of nitrogens with one attached hydrogen (secondary N) is 3. The van der Waals surface area contributed by atoms with E-state index in [4.69, 9.17) is 9.47 Å². The van der Waals surface area contributed by atoms with Gasteiger partial charge in [0.15, 0.2) is 11.5 Å². The third kappa shape index (κ3) is 3.07. The van der Waals surface area contributed by atoms with E-state index in [1.54, 1.807) is 18.2 Å². The minimum absolute atomic E-state index is 0.0226. The smallest absolute Gasteiger partial charge is 0.250 e. The molecule has 10 heteroatoms. The highest BCUT2D eigenvalue weighted by Gasteiger charge is 2.70. The number of benzene rings is 3. The fraction of sp³-hybridized carbons (Fsp3) is 0.233. The summed E-state index contributed by atoms with van der Waals surface area (Å²) in [7, 11) is 0. The van der Waals surface area contributed by atoms with Crippen LogP contribution in [0.3, 0.4) is 0 Å². The molecule has 0 bridgehead atoms. The zero-order chi connectivity index (χ0) is 27.2. The van der Waals surface area contributed by atoms with Gasteiger partial charge in [0, 0.05) is 34.4 Å². The molecule has 2 fully saturated rings. The second kappa shape index (κ2) is 8.15. The fourth-order valence-electron chi connectivity index (χ4n) is 6.92. The molecule has 8 rings (SSSR count). The molecule has 3 aromatic carbocycles.